The normalized spacial score (nSPS) is 15.5. The zero-order chi connectivity index (χ0) is 19.2. The third-order valence-corrected chi connectivity index (χ3v) is 6.21. The molecule has 1 N–H and O–H groups in total. The predicted octanol–water partition coefficient (Wildman–Crippen LogP) is 1.61. The van der Waals surface area contributed by atoms with Crippen molar-refractivity contribution in [3.8, 4) is 0 Å². The Hall–Kier alpha value is -1.07. The van der Waals surface area contributed by atoms with Crippen molar-refractivity contribution in [3.63, 3.8) is 0 Å². The van der Waals surface area contributed by atoms with Crippen LogP contribution in [0.3, 0.4) is 0 Å². The molecular formula is C17H26ClIN4O3S. The van der Waals surface area contributed by atoms with Crippen LogP contribution in [0.15, 0.2) is 29.3 Å². The first kappa shape index (κ1) is 24.0. The van der Waals surface area contributed by atoms with Crippen molar-refractivity contribution < 1.29 is 13.2 Å². The number of aliphatic imine (C=N–C) groups is 1. The number of guanidine groups is 1. The van der Waals surface area contributed by atoms with Crippen LogP contribution in [-0.4, -0.2) is 74.8 Å². The molecule has 0 radical (unpaired) electrons. The van der Waals surface area contributed by atoms with Gasteiger partial charge in [0.2, 0.25) is 5.91 Å². The minimum absolute atomic E-state index is 0. The van der Waals surface area contributed by atoms with Gasteiger partial charge in [-0.25, -0.2) is 8.42 Å². The first-order chi connectivity index (χ1) is 12.3. The fourth-order valence-corrected chi connectivity index (χ4v) is 3.49. The molecule has 10 heteroatoms. The van der Waals surface area contributed by atoms with E-state index in [9.17, 15) is 13.2 Å². The van der Waals surface area contributed by atoms with E-state index in [0.717, 1.165) is 5.56 Å². The number of hydrogen-bond donors (Lipinski definition) is 1. The summed E-state index contributed by atoms with van der Waals surface area (Å²) in [6, 6.07) is 7.45. The molecule has 0 spiro atoms. The first-order valence-corrected chi connectivity index (χ1v) is 10.7. The molecule has 1 heterocycles. The highest BCUT2D eigenvalue weighted by Crippen LogP contribution is 2.13. The number of benzene rings is 1. The molecule has 152 valence electrons. The molecule has 1 aromatic carbocycles. The van der Waals surface area contributed by atoms with Crippen LogP contribution in [0.4, 0.5) is 0 Å². The van der Waals surface area contributed by atoms with E-state index < -0.39 is 9.84 Å². The molecule has 1 aliphatic heterocycles. The maximum Gasteiger partial charge on any atom is 0.242 e. The molecule has 0 bridgehead atoms. The highest BCUT2D eigenvalue weighted by Gasteiger charge is 2.26. The van der Waals surface area contributed by atoms with Gasteiger partial charge in [0.05, 0.1) is 12.3 Å². The van der Waals surface area contributed by atoms with Crippen LogP contribution >= 0.6 is 35.6 Å². The number of rotatable bonds is 6. The monoisotopic (exact) mass is 528 g/mol. The molecule has 0 atom stereocenters. The first-order valence-electron chi connectivity index (χ1n) is 8.53. The zero-order valence-corrected chi connectivity index (χ0v) is 19.4. The van der Waals surface area contributed by atoms with Gasteiger partial charge in [-0.05, 0) is 17.7 Å². The standard InChI is InChI=1S/C17H25ClN4O3S.HI/c1-3-26(24,25)11-8-20-17(19-2)22-10-9-21(16(23)13-22)12-14-4-6-15(18)7-5-14;/h4-7H,3,8-13H2,1-2H3,(H,19,20);1H. The summed E-state index contributed by atoms with van der Waals surface area (Å²) in [5, 5.41) is 3.70. The highest BCUT2D eigenvalue weighted by atomic mass is 127. The van der Waals surface area contributed by atoms with Crippen molar-refractivity contribution in [1.29, 1.82) is 0 Å². The van der Waals surface area contributed by atoms with E-state index in [1.165, 1.54) is 0 Å². The van der Waals surface area contributed by atoms with E-state index >= 15 is 0 Å². The van der Waals surface area contributed by atoms with Gasteiger partial charge in [0.15, 0.2) is 15.8 Å². The second kappa shape index (κ2) is 11.1. The zero-order valence-electron chi connectivity index (χ0n) is 15.5. The minimum atomic E-state index is -3.03. The van der Waals surface area contributed by atoms with Gasteiger partial charge in [0.1, 0.15) is 0 Å². The van der Waals surface area contributed by atoms with Crippen LogP contribution in [0.1, 0.15) is 12.5 Å². The maximum atomic E-state index is 12.5. The van der Waals surface area contributed by atoms with Crippen molar-refractivity contribution in [2.45, 2.75) is 13.5 Å². The van der Waals surface area contributed by atoms with Crippen LogP contribution in [0.25, 0.3) is 0 Å². The number of amides is 1. The summed E-state index contributed by atoms with van der Waals surface area (Å²) < 4.78 is 23.1. The van der Waals surface area contributed by atoms with E-state index in [-0.39, 0.29) is 54.5 Å². The van der Waals surface area contributed by atoms with Crippen molar-refractivity contribution in [2.75, 3.05) is 44.7 Å². The molecular weight excluding hydrogens is 503 g/mol. The Morgan fingerprint density at radius 1 is 1.26 bits per heavy atom. The number of carbonyl (C=O) groups is 1. The molecule has 1 saturated heterocycles. The molecule has 0 aliphatic carbocycles. The average Bonchev–Trinajstić information content (AvgIpc) is 2.62. The maximum absolute atomic E-state index is 12.5. The smallest absolute Gasteiger partial charge is 0.242 e. The largest absolute Gasteiger partial charge is 0.355 e. The Morgan fingerprint density at radius 3 is 2.48 bits per heavy atom. The van der Waals surface area contributed by atoms with Crippen molar-refractivity contribution in [2.24, 2.45) is 4.99 Å². The van der Waals surface area contributed by atoms with Gasteiger partial charge in [-0.3, -0.25) is 9.79 Å². The molecule has 1 fully saturated rings. The Kier molecular flexibility index (Phi) is 9.82. The third kappa shape index (κ3) is 7.46. The number of piperazine rings is 1. The molecule has 1 aromatic rings. The lowest BCUT2D eigenvalue weighted by atomic mass is 10.2. The van der Waals surface area contributed by atoms with Crippen molar-refractivity contribution >= 4 is 57.3 Å². The Labute approximate surface area is 183 Å². The van der Waals surface area contributed by atoms with Crippen LogP contribution < -0.4 is 5.32 Å². The summed E-state index contributed by atoms with van der Waals surface area (Å²) in [5.41, 5.74) is 1.03. The van der Waals surface area contributed by atoms with Crippen LogP contribution in [0.2, 0.25) is 5.02 Å². The van der Waals surface area contributed by atoms with Gasteiger partial charge in [0.25, 0.3) is 0 Å². The van der Waals surface area contributed by atoms with Crippen molar-refractivity contribution in [3.05, 3.63) is 34.9 Å². The lowest BCUT2D eigenvalue weighted by Crippen LogP contribution is -2.55. The second-order valence-electron chi connectivity index (χ2n) is 6.07. The molecule has 1 aliphatic rings. The van der Waals surface area contributed by atoms with E-state index in [1.54, 1.807) is 18.9 Å². The van der Waals surface area contributed by atoms with Crippen LogP contribution in [0.5, 0.6) is 0 Å². The number of halogens is 2. The quantitative estimate of drug-likeness (QED) is 0.345. The summed E-state index contributed by atoms with van der Waals surface area (Å²) in [4.78, 5) is 20.3. The number of hydrogen-bond acceptors (Lipinski definition) is 4. The minimum Gasteiger partial charge on any atom is -0.355 e. The topological polar surface area (TPSA) is 82.1 Å². The highest BCUT2D eigenvalue weighted by molar-refractivity contribution is 14.0. The Bertz CT molecular complexity index is 756. The van der Waals surface area contributed by atoms with E-state index in [1.807, 2.05) is 29.2 Å². The summed E-state index contributed by atoms with van der Waals surface area (Å²) in [7, 11) is -1.41. The summed E-state index contributed by atoms with van der Waals surface area (Å²) >= 11 is 5.89. The van der Waals surface area contributed by atoms with E-state index in [2.05, 4.69) is 10.3 Å². The van der Waals surface area contributed by atoms with Gasteiger partial charge in [-0.2, -0.15) is 0 Å². The van der Waals surface area contributed by atoms with E-state index in [4.69, 9.17) is 11.6 Å². The lowest BCUT2D eigenvalue weighted by Gasteiger charge is -2.36. The lowest BCUT2D eigenvalue weighted by molar-refractivity contribution is -0.135. The molecule has 1 amide bonds. The van der Waals surface area contributed by atoms with E-state index in [0.29, 0.717) is 30.6 Å². The van der Waals surface area contributed by atoms with Crippen LogP contribution in [0, 0.1) is 0 Å². The molecule has 0 unspecified atom stereocenters. The number of nitrogens with one attached hydrogen (secondary N) is 1. The molecule has 7 nitrogen and oxygen atoms in total. The van der Waals surface area contributed by atoms with Crippen LogP contribution in [-0.2, 0) is 21.2 Å². The Balaban J connectivity index is 0.00000364. The Morgan fingerprint density at radius 2 is 1.93 bits per heavy atom. The van der Waals surface area contributed by atoms with Gasteiger partial charge in [-0.15, -0.1) is 24.0 Å². The number of carbonyl (C=O) groups excluding carboxylic acids is 1. The summed E-state index contributed by atoms with van der Waals surface area (Å²) in [5.74, 6) is 0.730. The predicted molar refractivity (Wildman–Crippen MR) is 120 cm³/mol. The third-order valence-electron chi connectivity index (χ3n) is 4.25. The molecule has 2 rings (SSSR count). The fourth-order valence-electron chi connectivity index (χ4n) is 2.66. The number of nitrogens with zero attached hydrogens (tertiary/aromatic N) is 3. The summed E-state index contributed by atoms with van der Waals surface area (Å²) in [6.45, 7) is 3.89. The summed E-state index contributed by atoms with van der Waals surface area (Å²) in [6.07, 6.45) is 0. The number of sulfone groups is 1. The molecule has 0 aromatic heterocycles. The SMILES string of the molecule is CCS(=O)(=O)CCNC(=NC)N1CCN(Cc2ccc(Cl)cc2)C(=O)C1.I. The van der Waals surface area contributed by atoms with Gasteiger partial charge >= 0.3 is 0 Å². The molecule has 0 saturated carbocycles. The molecule has 27 heavy (non-hydrogen) atoms. The average molecular weight is 529 g/mol. The van der Waals surface area contributed by atoms with Gasteiger partial charge in [0, 0.05) is 44.0 Å². The van der Waals surface area contributed by atoms with Crippen molar-refractivity contribution in [1.82, 2.24) is 15.1 Å². The fraction of sp³-hybridized carbons (Fsp3) is 0.529. The van der Waals surface area contributed by atoms with Gasteiger partial charge < -0.3 is 15.1 Å². The van der Waals surface area contributed by atoms with Gasteiger partial charge in [-0.1, -0.05) is 30.7 Å². The second-order valence-corrected chi connectivity index (χ2v) is 8.98.